The van der Waals surface area contributed by atoms with Gasteiger partial charge in [-0.1, -0.05) is 35.3 Å². The summed E-state index contributed by atoms with van der Waals surface area (Å²) in [6.45, 7) is 2.72. The van der Waals surface area contributed by atoms with Crippen molar-refractivity contribution in [2.24, 2.45) is 5.41 Å². The summed E-state index contributed by atoms with van der Waals surface area (Å²) < 4.78 is 28.4. The molecule has 41 heavy (non-hydrogen) atoms. The molecule has 2 N–H and O–H groups in total. The SMILES string of the molecule is CC(C)(O)c1cc(F)c2c(c1)C(=O)N(Cc1ccc(Cl)cn1)[C@@]2(OCC1(COCC(=O)O)CC1)c1ccc(Cl)cc1. The van der Waals surface area contributed by atoms with Crippen LogP contribution in [0, 0.1) is 11.2 Å². The summed E-state index contributed by atoms with van der Waals surface area (Å²) in [6.07, 6.45) is 2.88. The van der Waals surface area contributed by atoms with Crippen molar-refractivity contribution in [3.05, 3.63) is 98.5 Å². The van der Waals surface area contributed by atoms with Crippen molar-refractivity contribution in [1.82, 2.24) is 9.88 Å². The maximum atomic E-state index is 16.3. The number of hydrogen-bond donors (Lipinski definition) is 2. The normalized spacial score (nSPS) is 19.4. The van der Waals surface area contributed by atoms with Crippen molar-refractivity contribution in [2.75, 3.05) is 19.8 Å². The van der Waals surface area contributed by atoms with Gasteiger partial charge in [0.2, 0.25) is 0 Å². The number of aliphatic carboxylic acids is 1. The number of halogens is 3. The van der Waals surface area contributed by atoms with Crippen LogP contribution in [-0.4, -0.2) is 51.8 Å². The van der Waals surface area contributed by atoms with Crippen LogP contribution in [0.1, 0.15) is 59.4 Å². The van der Waals surface area contributed by atoms with Gasteiger partial charge >= 0.3 is 5.97 Å². The maximum Gasteiger partial charge on any atom is 0.329 e. The molecule has 8 nitrogen and oxygen atoms in total. The molecule has 0 unspecified atom stereocenters. The lowest BCUT2D eigenvalue weighted by molar-refractivity contribution is -0.147. The van der Waals surface area contributed by atoms with E-state index in [4.69, 9.17) is 37.8 Å². The first-order chi connectivity index (χ1) is 19.3. The molecule has 0 spiro atoms. The van der Waals surface area contributed by atoms with Gasteiger partial charge in [0.15, 0.2) is 5.72 Å². The molecular formula is C30H29Cl2FN2O6. The lowest BCUT2D eigenvalue weighted by Gasteiger charge is -2.40. The van der Waals surface area contributed by atoms with Gasteiger partial charge in [0, 0.05) is 22.2 Å². The van der Waals surface area contributed by atoms with Crippen molar-refractivity contribution >= 4 is 35.1 Å². The summed E-state index contributed by atoms with van der Waals surface area (Å²) in [5.41, 5.74) is -2.39. The largest absolute Gasteiger partial charge is 0.480 e. The third kappa shape index (κ3) is 5.82. The quantitative estimate of drug-likeness (QED) is 0.298. The van der Waals surface area contributed by atoms with Crippen LogP contribution in [0.3, 0.4) is 0 Å². The number of amides is 1. The number of pyridine rings is 1. The summed E-state index contributed by atoms with van der Waals surface area (Å²) in [7, 11) is 0. The van der Waals surface area contributed by atoms with Crippen LogP contribution in [0.4, 0.5) is 4.39 Å². The van der Waals surface area contributed by atoms with Crippen molar-refractivity contribution in [3.8, 4) is 0 Å². The van der Waals surface area contributed by atoms with Gasteiger partial charge in [-0.2, -0.15) is 0 Å². The van der Waals surface area contributed by atoms with E-state index in [2.05, 4.69) is 4.98 Å². The first kappa shape index (κ1) is 29.4. The number of carbonyl (C=O) groups excluding carboxylic acids is 1. The van der Waals surface area contributed by atoms with Gasteiger partial charge in [-0.3, -0.25) is 14.7 Å². The zero-order valence-corrected chi connectivity index (χ0v) is 24.0. The van der Waals surface area contributed by atoms with E-state index in [-0.39, 0.29) is 36.4 Å². The van der Waals surface area contributed by atoms with Crippen LogP contribution < -0.4 is 0 Å². The molecule has 1 amide bonds. The Balaban J connectivity index is 1.66. The molecule has 1 fully saturated rings. The Morgan fingerprint density at radius 1 is 1.10 bits per heavy atom. The fourth-order valence-electron chi connectivity index (χ4n) is 5.07. The van der Waals surface area contributed by atoms with E-state index in [1.54, 1.807) is 36.4 Å². The number of benzene rings is 2. The number of fused-ring (bicyclic) bond motifs is 1. The minimum atomic E-state index is -1.73. The molecule has 0 radical (unpaired) electrons. The van der Waals surface area contributed by atoms with Crippen LogP contribution in [0.2, 0.25) is 10.0 Å². The fraction of sp³-hybridized carbons (Fsp3) is 0.367. The second-order valence-corrected chi connectivity index (χ2v) is 12.0. The summed E-state index contributed by atoms with van der Waals surface area (Å²) in [6, 6.07) is 12.7. The van der Waals surface area contributed by atoms with Crippen LogP contribution >= 0.6 is 23.2 Å². The Morgan fingerprint density at radius 2 is 1.78 bits per heavy atom. The number of carboxylic acids is 1. The highest BCUT2D eigenvalue weighted by Crippen LogP contribution is 2.52. The number of ether oxygens (including phenoxy) is 2. The molecule has 1 aromatic heterocycles. The minimum absolute atomic E-state index is 0.00837. The van der Waals surface area contributed by atoms with Crippen molar-refractivity contribution in [1.29, 1.82) is 0 Å². The number of rotatable bonds is 11. The van der Waals surface area contributed by atoms with E-state index in [1.165, 1.54) is 37.1 Å². The van der Waals surface area contributed by atoms with Crippen molar-refractivity contribution in [2.45, 2.75) is 44.6 Å². The Hall–Kier alpha value is -3.08. The highest BCUT2D eigenvalue weighted by Gasteiger charge is 2.56. The standard InChI is InChI=1S/C30H29Cl2FN2O6/c1-28(2,39)19-11-23-26(24(33)12-19)30(18-3-5-20(31)6-4-18,41-17-29(9-10-29)16-40-15-25(36)37)35(27(23)38)14-22-8-7-21(32)13-34-22/h3-8,11-13,39H,9-10,14-17H2,1-2H3,(H,36,37)/t30-/m1/s1. The molecule has 1 atom stereocenters. The number of hydrogen-bond acceptors (Lipinski definition) is 6. The molecule has 216 valence electrons. The Morgan fingerprint density at radius 3 is 2.37 bits per heavy atom. The number of aliphatic hydroxyl groups is 1. The topological polar surface area (TPSA) is 109 Å². The predicted octanol–water partition coefficient (Wildman–Crippen LogP) is 5.51. The molecule has 1 saturated carbocycles. The molecule has 11 heteroatoms. The van der Waals surface area contributed by atoms with Gasteiger partial charge in [-0.05, 0) is 68.7 Å². The van der Waals surface area contributed by atoms with E-state index >= 15 is 4.39 Å². The number of carbonyl (C=O) groups is 2. The first-order valence-electron chi connectivity index (χ1n) is 13.0. The van der Waals surface area contributed by atoms with Crippen LogP contribution in [0.5, 0.6) is 0 Å². The van der Waals surface area contributed by atoms with Crippen LogP contribution in [0.25, 0.3) is 0 Å². The second kappa shape index (κ2) is 11.0. The number of carboxylic acid groups (broad SMARTS) is 1. The number of aromatic nitrogens is 1. The smallest absolute Gasteiger partial charge is 0.329 e. The molecule has 2 aliphatic rings. The van der Waals surface area contributed by atoms with Gasteiger partial charge in [-0.25, -0.2) is 9.18 Å². The van der Waals surface area contributed by atoms with E-state index in [0.717, 1.165) is 0 Å². The summed E-state index contributed by atoms with van der Waals surface area (Å²) in [5.74, 6) is -2.31. The zero-order valence-electron chi connectivity index (χ0n) is 22.5. The second-order valence-electron chi connectivity index (χ2n) is 11.1. The van der Waals surface area contributed by atoms with E-state index < -0.39 is 41.0 Å². The summed E-state index contributed by atoms with van der Waals surface area (Å²) in [4.78, 5) is 30.9. The summed E-state index contributed by atoms with van der Waals surface area (Å²) >= 11 is 12.3. The Kier molecular flexibility index (Phi) is 7.86. The van der Waals surface area contributed by atoms with E-state index in [0.29, 0.717) is 34.1 Å². The molecule has 1 aliphatic heterocycles. The molecule has 2 heterocycles. The van der Waals surface area contributed by atoms with Gasteiger partial charge in [0.25, 0.3) is 5.91 Å². The van der Waals surface area contributed by atoms with Crippen molar-refractivity contribution in [3.63, 3.8) is 0 Å². The molecular weight excluding hydrogens is 574 g/mol. The Bertz CT molecular complexity index is 1470. The summed E-state index contributed by atoms with van der Waals surface area (Å²) in [5, 5.41) is 20.5. The number of nitrogens with zero attached hydrogens (tertiary/aromatic N) is 2. The van der Waals surface area contributed by atoms with Gasteiger partial charge in [0.05, 0.1) is 47.2 Å². The highest BCUT2D eigenvalue weighted by molar-refractivity contribution is 6.30. The molecule has 0 saturated heterocycles. The third-order valence-electron chi connectivity index (χ3n) is 7.51. The van der Waals surface area contributed by atoms with E-state index in [9.17, 15) is 14.7 Å². The molecule has 3 aromatic rings. The minimum Gasteiger partial charge on any atom is -0.480 e. The zero-order chi connectivity index (χ0) is 29.6. The fourth-order valence-corrected chi connectivity index (χ4v) is 5.31. The van der Waals surface area contributed by atoms with Gasteiger partial charge in [0.1, 0.15) is 12.4 Å². The van der Waals surface area contributed by atoms with E-state index in [1.807, 2.05) is 0 Å². The highest BCUT2D eigenvalue weighted by atomic mass is 35.5. The van der Waals surface area contributed by atoms with Crippen molar-refractivity contribution < 1.29 is 33.7 Å². The third-order valence-corrected chi connectivity index (χ3v) is 7.99. The first-order valence-corrected chi connectivity index (χ1v) is 13.8. The molecule has 2 aromatic carbocycles. The van der Waals surface area contributed by atoms with Crippen LogP contribution in [0.15, 0.2) is 54.7 Å². The average molecular weight is 603 g/mol. The van der Waals surface area contributed by atoms with Crippen LogP contribution in [-0.2, 0) is 32.1 Å². The lowest BCUT2D eigenvalue weighted by Crippen LogP contribution is -2.48. The molecule has 0 bridgehead atoms. The molecule has 1 aliphatic carbocycles. The Labute approximate surface area is 246 Å². The van der Waals surface area contributed by atoms with Gasteiger partial charge in [-0.15, -0.1) is 0 Å². The lowest BCUT2D eigenvalue weighted by atomic mass is 9.88. The van der Waals surface area contributed by atoms with Gasteiger partial charge < -0.3 is 19.7 Å². The monoisotopic (exact) mass is 602 g/mol. The average Bonchev–Trinajstić information content (AvgIpc) is 3.64. The maximum absolute atomic E-state index is 16.3. The molecule has 5 rings (SSSR count). The predicted molar refractivity (Wildman–Crippen MR) is 149 cm³/mol.